The summed E-state index contributed by atoms with van der Waals surface area (Å²) in [7, 11) is 0. The minimum Gasteiger partial charge on any atom is -0.478 e. The van der Waals surface area contributed by atoms with Crippen LogP contribution in [-0.4, -0.2) is 34.6 Å². The number of carbonyl (C=O) groups excluding carboxylic acids is 3. The highest BCUT2D eigenvalue weighted by molar-refractivity contribution is 8.00. The number of carboxylic acids is 1. The summed E-state index contributed by atoms with van der Waals surface area (Å²) < 4.78 is 0. The predicted octanol–water partition coefficient (Wildman–Crippen LogP) is 7.30. The van der Waals surface area contributed by atoms with Gasteiger partial charge in [0.1, 0.15) is 5.70 Å². The first-order chi connectivity index (χ1) is 21.1. The Hall–Kier alpha value is -4.86. The number of thioether (sulfide) groups is 1. The van der Waals surface area contributed by atoms with Gasteiger partial charge in [-0.3, -0.25) is 14.4 Å². The topological polar surface area (TPSA) is 125 Å². The van der Waals surface area contributed by atoms with Crippen molar-refractivity contribution in [2.24, 2.45) is 0 Å². The Bertz CT molecular complexity index is 1710. The Kier molecular flexibility index (Phi) is 11.0. The average molecular weight is 628 g/mol. The maximum Gasteiger partial charge on any atom is 0.337 e. The first-order valence-corrected chi connectivity index (χ1v) is 15.0. The van der Waals surface area contributed by atoms with Gasteiger partial charge in [-0.25, -0.2) is 4.79 Å². The molecule has 8 nitrogen and oxygen atoms in total. The zero-order valence-corrected chi connectivity index (χ0v) is 25.5. The molecule has 0 aromatic heterocycles. The van der Waals surface area contributed by atoms with Crippen LogP contribution < -0.4 is 16.0 Å². The summed E-state index contributed by atoms with van der Waals surface area (Å²) in [5.74, 6) is -2.09. The molecule has 3 amide bonds. The van der Waals surface area contributed by atoms with Gasteiger partial charge in [0.2, 0.25) is 5.91 Å². The molecule has 0 saturated carbocycles. The van der Waals surface area contributed by atoms with Crippen molar-refractivity contribution in [2.75, 3.05) is 16.4 Å². The number of hydrogen-bond donors (Lipinski definition) is 4. The Morgan fingerprint density at radius 3 is 2.23 bits per heavy atom. The molecular formula is C34H30ClN3O5S. The molecule has 0 fully saturated rings. The number of halogens is 1. The van der Waals surface area contributed by atoms with Gasteiger partial charge in [-0.05, 0) is 71.7 Å². The molecule has 0 unspecified atom stereocenters. The van der Waals surface area contributed by atoms with E-state index in [0.29, 0.717) is 27.8 Å². The number of carbonyl (C=O) groups is 4. The Morgan fingerprint density at radius 1 is 0.841 bits per heavy atom. The molecule has 4 aromatic rings. The molecule has 4 aromatic carbocycles. The van der Waals surface area contributed by atoms with Crippen LogP contribution in [0.2, 0.25) is 5.02 Å². The molecule has 4 N–H and O–H groups in total. The van der Waals surface area contributed by atoms with E-state index >= 15 is 0 Å². The van der Waals surface area contributed by atoms with Crippen molar-refractivity contribution >= 4 is 64.5 Å². The third-order valence-corrected chi connectivity index (χ3v) is 7.71. The van der Waals surface area contributed by atoms with Gasteiger partial charge in [0.05, 0.1) is 16.3 Å². The smallest absolute Gasteiger partial charge is 0.337 e. The minimum atomic E-state index is -1.19. The molecule has 0 spiro atoms. The molecule has 0 atom stereocenters. The van der Waals surface area contributed by atoms with E-state index < -0.39 is 17.8 Å². The number of rotatable bonds is 11. The van der Waals surface area contributed by atoms with E-state index in [9.17, 15) is 24.3 Å². The number of aromatic carboxylic acids is 1. The second-order valence-electron chi connectivity index (χ2n) is 10.0. The number of hydrogen-bond acceptors (Lipinski definition) is 5. The van der Waals surface area contributed by atoms with Gasteiger partial charge in [-0.2, -0.15) is 0 Å². The van der Waals surface area contributed by atoms with Crippen molar-refractivity contribution in [1.29, 1.82) is 0 Å². The van der Waals surface area contributed by atoms with Crippen LogP contribution in [0.15, 0.2) is 108 Å². The zero-order chi connectivity index (χ0) is 31.6. The van der Waals surface area contributed by atoms with Crippen LogP contribution in [0.25, 0.3) is 6.08 Å². The predicted molar refractivity (Wildman–Crippen MR) is 175 cm³/mol. The highest BCUT2D eigenvalue weighted by Crippen LogP contribution is 2.24. The molecule has 0 saturated heterocycles. The molecule has 0 aliphatic carbocycles. The summed E-state index contributed by atoms with van der Waals surface area (Å²) in [4.78, 5) is 50.9. The summed E-state index contributed by atoms with van der Waals surface area (Å²) in [5.41, 5.74) is 3.06. The highest BCUT2D eigenvalue weighted by Gasteiger charge is 2.16. The zero-order valence-electron chi connectivity index (χ0n) is 24.0. The summed E-state index contributed by atoms with van der Waals surface area (Å²) >= 11 is 7.13. The monoisotopic (exact) mass is 627 g/mol. The standard InChI is InChI=1S/C34H30ClN3O5S/c1-21(2)23-13-11-22(12-14-23)17-30(38-32(40)24-7-4-3-5-8-24)33(41)37-25-9-6-10-27(18-25)44-20-31(39)36-26-15-16-29(35)28(19-26)34(42)43/h3-19,21H,20H2,1-2H3,(H,36,39)(H,37,41)(H,38,40)(H,42,43)/b30-17+. The SMILES string of the molecule is CC(C)c1ccc(/C=C(/NC(=O)c2ccccc2)C(=O)Nc2cccc(SCC(=O)Nc3ccc(Cl)c(C(=O)O)c3)c2)cc1. The van der Waals surface area contributed by atoms with E-state index in [1.165, 1.54) is 30.0 Å². The molecule has 224 valence electrons. The molecule has 0 aliphatic rings. The van der Waals surface area contributed by atoms with E-state index in [2.05, 4.69) is 29.8 Å². The van der Waals surface area contributed by atoms with Gasteiger partial charge >= 0.3 is 5.97 Å². The van der Waals surface area contributed by atoms with Crippen LogP contribution in [0, 0.1) is 0 Å². The fourth-order valence-electron chi connectivity index (χ4n) is 4.06. The van der Waals surface area contributed by atoms with Crippen LogP contribution in [0.1, 0.15) is 51.6 Å². The van der Waals surface area contributed by atoms with Crippen molar-refractivity contribution in [1.82, 2.24) is 5.32 Å². The number of benzene rings is 4. The van der Waals surface area contributed by atoms with Crippen LogP contribution in [0.4, 0.5) is 11.4 Å². The van der Waals surface area contributed by atoms with Crippen LogP contribution in [-0.2, 0) is 9.59 Å². The Labute approximate surface area is 264 Å². The molecule has 0 bridgehead atoms. The summed E-state index contributed by atoms with van der Waals surface area (Å²) in [6.45, 7) is 4.19. The van der Waals surface area contributed by atoms with E-state index in [1.54, 1.807) is 60.7 Å². The fourth-order valence-corrected chi connectivity index (χ4v) is 5.01. The number of amides is 3. The Morgan fingerprint density at radius 2 is 1.55 bits per heavy atom. The Balaban J connectivity index is 1.45. The first-order valence-electron chi connectivity index (χ1n) is 13.6. The summed E-state index contributed by atoms with van der Waals surface area (Å²) in [6.07, 6.45) is 1.62. The number of carboxylic acid groups (broad SMARTS) is 1. The van der Waals surface area contributed by atoms with Gasteiger partial charge < -0.3 is 21.1 Å². The molecular weight excluding hydrogens is 598 g/mol. The quantitative estimate of drug-likeness (QED) is 0.102. The third-order valence-electron chi connectivity index (χ3n) is 6.39. The first kappa shape index (κ1) is 32.1. The molecule has 0 heterocycles. The number of anilines is 2. The van der Waals surface area contributed by atoms with Gasteiger partial charge in [-0.1, -0.05) is 74.0 Å². The summed E-state index contributed by atoms with van der Waals surface area (Å²) in [6, 6.07) is 27.6. The average Bonchev–Trinajstić information content (AvgIpc) is 3.01. The molecule has 0 radical (unpaired) electrons. The van der Waals surface area contributed by atoms with Gasteiger partial charge in [-0.15, -0.1) is 11.8 Å². The van der Waals surface area contributed by atoms with E-state index in [-0.39, 0.29) is 27.9 Å². The lowest BCUT2D eigenvalue weighted by atomic mass is 10.0. The minimum absolute atomic E-state index is 0.0348. The lowest BCUT2D eigenvalue weighted by molar-refractivity contribution is -0.114. The second-order valence-corrected chi connectivity index (χ2v) is 11.5. The maximum atomic E-state index is 13.4. The second kappa shape index (κ2) is 15.0. The van der Waals surface area contributed by atoms with E-state index in [0.717, 1.165) is 11.1 Å². The van der Waals surface area contributed by atoms with Crippen molar-refractivity contribution in [3.63, 3.8) is 0 Å². The van der Waals surface area contributed by atoms with Crippen molar-refractivity contribution in [2.45, 2.75) is 24.7 Å². The largest absolute Gasteiger partial charge is 0.478 e. The normalized spacial score (nSPS) is 11.1. The van der Waals surface area contributed by atoms with E-state index in [1.807, 2.05) is 24.3 Å². The van der Waals surface area contributed by atoms with Gasteiger partial charge in [0, 0.05) is 21.8 Å². The van der Waals surface area contributed by atoms with Crippen molar-refractivity contribution < 1.29 is 24.3 Å². The molecule has 0 aliphatic heterocycles. The molecule has 4 rings (SSSR count). The lowest BCUT2D eigenvalue weighted by Crippen LogP contribution is -2.30. The molecule has 44 heavy (non-hydrogen) atoms. The van der Waals surface area contributed by atoms with Crippen LogP contribution in [0.5, 0.6) is 0 Å². The highest BCUT2D eigenvalue weighted by atomic mass is 35.5. The van der Waals surface area contributed by atoms with Gasteiger partial charge in [0.15, 0.2) is 0 Å². The number of nitrogens with one attached hydrogen (secondary N) is 3. The summed E-state index contributed by atoms with van der Waals surface area (Å²) in [5, 5.41) is 17.5. The third kappa shape index (κ3) is 9.07. The fraction of sp³-hybridized carbons (Fsp3) is 0.118. The lowest BCUT2D eigenvalue weighted by Gasteiger charge is -2.13. The van der Waals surface area contributed by atoms with Crippen molar-refractivity contribution in [3.8, 4) is 0 Å². The van der Waals surface area contributed by atoms with E-state index in [4.69, 9.17) is 11.6 Å². The maximum absolute atomic E-state index is 13.4. The van der Waals surface area contributed by atoms with Gasteiger partial charge in [0.25, 0.3) is 11.8 Å². The van der Waals surface area contributed by atoms with Crippen LogP contribution >= 0.6 is 23.4 Å². The molecule has 10 heteroatoms. The van der Waals surface area contributed by atoms with Crippen LogP contribution in [0.3, 0.4) is 0 Å². The van der Waals surface area contributed by atoms with Crippen molar-refractivity contribution in [3.05, 3.63) is 130 Å².